The topological polar surface area (TPSA) is 55.1 Å². The number of hydrogen-bond donors (Lipinski definition) is 2. The predicted molar refractivity (Wildman–Crippen MR) is 48.7 cm³/mol. The molecule has 0 aliphatic heterocycles. The Bertz CT molecular complexity index is 295. The van der Waals surface area contributed by atoms with E-state index in [0.717, 1.165) is 0 Å². The van der Waals surface area contributed by atoms with Crippen molar-refractivity contribution in [3.63, 3.8) is 0 Å². The van der Waals surface area contributed by atoms with Crippen molar-refractivity contribution in [3.05, 3.63) is 30.1 Å². The van der Waals surface area contributed by atoms with Crippen LogP contribution < -0.4 is 11.1 Å². The minimum absolute atomic E-state index is 0.286. The molecule has 1 atom stereocenters. The molecule has 0 radical (unpaired) electrons. The third-order valence-corrected chi connectivity index (χ3v) is 1.53. The maximum atomic E-state index is 12.4. The van der Waals surface area contributed by atoms with Crippen molar-refractivity contribution in [1.82, 2.24) is 0 Å². The maximum Gasteiger partial charge on any atom is 0.240 e. The van der Waals surface area contributed by atoms with E-state index in [1.165, 1.54) is 24.3 Å². The van der Waals surface area contributed by atoms with Crippen LogP contribution in [0.4, 0.5) is 10.1 Å². The summed E-state index contributed by atoms with van der Waals surface area (Å²) in [5, 5.41) is 2.54. The van der Waals surface area contributed by atoms with Crippen molar-refractivity contribution in [2.75, 3.05) is 5.32 Å². The van der Waals surface area contributed by atoms with Crippen LogP contribution in [-0.4, -0.2) is 11.9 Å². The molecule has 1 aromatic carbocycles. The van der Waals surface area contributed by atoms with Gasteiger partial charge in [-0.15, -0.1) is 0 Å². The fraction of sp³-hybridized carbons (Fsp3) is 0.222. The van der Waals surface area contributed by atoms with Crippen LogP contribution >= 0.6 is 0 Å². The molecule has 0 spiro atoms. The van der Waals surface area contributed by atoms with Gasteiger partial charge in [-0.3, -0.25) is 4.79 Å². The van der Waals surface area contributed by atoms with Crippen molar-refractivity contribution in [2.45, 2.75) is 13.0 Å². The van der Waals surface area contributed by atoms with Gasteiger partial charge in [0, 0.05) is 5.69 Å². The van der Waals surface area contributed by atoms with Crippen molar-refractivity contribution in [3.8, 4) is 0 Å². The Morgan fingerprint density at radius 3 is 2.46 bits per heavy atom. The zero-order valence-electron chi connectivity index (χ0n) is 7.25. The van der Waals surface area contributed by atoms with Crippen molar-refractivity contribution in [2.24, 2.45) is 5.73 Å². The van der Waals surface area contributed by atoms with Crippen LogP contribution in [0, 0.1) is 5.82 Å². The van der Waals surface area contributed by atoms with Gasteiger partial charge in [-0.1, -0.05) is 0 Å². The van der Waals surface area contributed by atoms with E-state index in [0.29, 0.717) is 5.69 Å². The minimum atomic E-state index is -0.565. The standard InChI is InChI=1S/C9H11FN2O/c1-6(11)9(13)12-8-4-2-7(10)3-5-8/h2-6H,11H2,1H3,(H,12,13)/t6-/m1/s1. The van der Waals surface area contributed by atoms with Gasteiger partial charge in [-0.2, -0.15) is 0 Å². The molecule has 0 aliphatic rings. The number of halogens is 1. The van der Waals surface area contributed by atoms with Gasteiger partial charge in [0.05, 0.1) is 6.04 Å². The van der Waals surface area contributed by atoms with Crippen LogP contribution in [0.1, 0.15) is 6.92 Å². The first kappa shape index (κ1) is 9.67. The summed E-state index contributed by atoms with van der Waals surface area (Å²) in [6.07, 6.45) is 0. The second kappa shape index (κ2) is 4.00. The van der Waals surface area contributed by atoms with Gasteiger partial charge in [0.15, 0.2) is 0 Å². The van der Waals surface area contributed by atoms with E-state index in [1.54, 1.807) is 6.92 Å². The first-order valence-corrected chi connectivity index (χ1v) is 3.91. The van der Waals surface area contributed by atoms with Gasteiger partial charge >= 0.3 is 0 Å². The van der Waals surface area contributed by atoms with E-state index < -0.39 is 6.04 Å². The number of carbonyl (C=O) groups is 1. The van der Waals surface area contributed by atoms with Crippen LogP contribution in [0.3, 0.4) is 0 Å². The molecule has 3 nitrogen and oxygen atoms in total. The quantitative estimate of drug-likeness (QED) is 0.719. The van der Waals surface area contributed by atoms with Crippen LogP contribution in [0.2, 0.25) is 0 Å². The van der Waals surface area contributed by atoms with E-state index in [1.807, 2.05) is 0 Å². The minimum Gasteiger partial charge on any atom is -0.325 e. The van der Waals surface area contributed by atoms with E-state index in [-0.39, 0.29) is 11.7 Å². The van der Waals surface area contributed by atoms with E-state index >= 15 is 0 Å². The van der Waals surface area contributed by atoms with Gasteiger partial charge in [0.25, 0.3) is 0 Å². The molecular weight excluding hydrogens is 171 g/mol. The Morgan fingerprint density at radius 2 is 2.00 bits per heavy atom. The summed E-state index contributed by atoms with van der Waals surface area (Å²) < 4.78 is 12.4. The number of amides is 1. The molecule has 1 rings (SSSR count). The van der Waals surface area contributed by atoms with Gasteiger partial charge < -0.3 is 11.1 Å². The summed E-state index contributed by atoms with van der Waals surface area (Å²) in [7, 11) is 0. The molecule has 1 aromatic rings. The molecule has 0 bridgehead atoms. The summed E-state index contributed by atoms with van der Waals surface area (Å²) in [4.78, 5) is 11.1. The maximum absolute atomic E-state index is 12.4. The molecule has 4 heteroatoms. The zero-order valence-corrected chi connectivity index (χ0v) is 7.25. The van der Waals surface area contributed by atoms with Crippen molar-refractivity contribution < 1.29 is 9.18 Å². The lowest BCUT2D eigenvalue weighted by molar-refractivity contribution is -0.117. The summed E-state index contributed by atoms with van der Waals surface area (Å²) in [5.74, 6) is -0.620. The van der Waals surface area contributed by atoms with Gasteiger partial charge in [0.2, 0.25) is 5.91 Å². The molecule has 0 heterocycles. The summed E-state index contributed by atoms with van der Waals surface area (Å²) >= 11 is 0. The Balaban J connectivity index is 2.65. The lowest BCUT2D eigenvalue weighted by Gasteiger charge is -2.06. The third kappa shape index (κ3) is 2.83. The third-order valence-electron chi connectivity index (χ3n) is 1.53. The number of hydrogen-bond acceptors (Lipinski definition) is 2. The van der Waals surface area contributed by atoms with Crippen LogP contribution in [0.15, 0.2) is 24.3 Å². The molecule has 0 aromatic heterocycles. The first-order chi connectivity index (χ1) is 6.09. The van der Waals surface area contributed by atoms with E-state index in [2.05, 4.69) is 5.32 Å². The molecule has 3 N–H and O–H groups in total. The molecule has 0 aliphatic carbocycles. The Labute approximate surface area is 75.7 Å². The highest BCUT2D eigenvalue weighted by molar-refractivity contribution is 5.94. The highest BCUT2D eigenvalue weighted by atomic mass is 19.1. The fourth-order valence-electron chi connectivity index (χ4n) is 0.789. The van der Waals surface area contributed by atoms with Crippen molar-refractivity contribution in [1.29, 1.82) is 0 Å². The molecule has 70 valence electrons. The average molecular weight is 182 g/mol. The summed E-state index contributed by atoms with van der Waals surface area (Å²) in [5.41, 5.74) is 5.87. The highest BCUT2D eigenvalue weighted by Crippen LogP contribution is 2.07. The fourth-order valence-corrected chi connectivity index (χ4v) is 0.789. The second-order valence-corrected chi connectivity index (χ2v) is 2.78. The monoisotopic (exact) mass is 182 g/mol. The number of carbonyl (C=O) groups excluding carboxylic acids is 1. The molecule has 13 heavy (non-hydrogen) atoms. The largest absolute Gasteiger partial charge is 0.325 e. The smallest absolute Gasteiger partial charge is 0.240 e. The number of benzene rings is 1. The normalized spacial score (nSPS) is 12.2. The number of nitrogens with one attached hydrogen (secondary N) is 1. The number of rotatable bonds is 2. The summed E-state index contributed by atoms with van der Waals surface area (Å²) in [6.45, 7) is 1.58. The predicted octanol–water partition coefficient (Wildman–Crippen LogP) is 1.11. The van der Waals surface area contributed by atoms with E-state index in [4.69, 9.17) is 5.73 Å². The average Bonchev–Trinajstić information content (AvgIpc) is 2.08. The molecule has 0 unspecified atom stereocenters. The number of anilines is 1. The highest BCUT2D eigenvalue weighted by Gasteiger charge is 2.06. The van der Waals surface area contributed by atoms with Crippen LogP contribution in [0.25, 0.3) is 0 Å². The SMILES string of the molecule is C[C@@H](N)C(=O)Nc1ccc(F)cc1. The molecule has 0 saturated carbocycles. The van der Waals surface area contributed by atoms with Crippen LogP contribution in [0.5, 0.6) is 0 Å². The van der Waals surface area contributed by atoms with E-state index in [9.17, 15) is 9.18 Å². The Kier molecular flexibility index (Phi) is 2.97. The molecule has 0 fully saturated rings. The molecule has 1 amide bonds. The zero-order chi connectivity index (χ0) is 9.84. The second-order valence-electron chi connectivity index (χ2n) is 2.78. The Morgan fingerprint density at radius 1 is 1.46 bits per heavy atom. The van der Waals surface area contributed by atoms with Gasteiger partial charge in [0.1, 0.15) is 5.82 Å². The van der Waals surface area contributed by atoms with Crippen LogP contribution in [-0.2, 0) is 4.79 Å². The molecular formula is C9H11FN2O. The molecule has 0 saturated heterocycles. The van der Waals surface area contributed by atoms with Gasteiger partial charge in [-0.25, -0.2) is 4.39 Å². The lowest BCUT2D eigenvalue weighted by atomic mass is 10.3. The summed E-state index contributed by atoms with van der Waals surface area (Å²) in [6, 6.07) is 4.95. The van der Waals surface area contributed by atoms with Gasteiger partial charge in [-0.05, 0) is 31.2 Å². The first-order valence-electron chi connectivity index (χ1n) is 3.91. The van der Waals surface area contributed by atoms with Crippen molar-refractivity contribution >= 4 is 11.6 Å². The lowest BCUT2D eigenvalue weighted by Crippen LogP contribution is -2.32. The number of nitrogens with two attached hydrogens (primary N) is 1. The Hall–Kier alpha value is -1.42.